The van der Waals surface area contributed by atoms with E-state index in [1.807, 2.05) is 27.7 Å². The lowest BCUT2D eigenvalue weighted by Crippen LogP contribution is -2.41. The van der Waals surface area contributed by atoms with Crippen molar-refractivity contribution in [3.63, 3.8) is 0 Å². The molecule has 0 unspecified atom stereocenters. The Morgan fingerprint density at radius 3 is 1.85 bits per heavy atom. The molecule has 0 spiro atoms. The van der Waals surface area contributed by atoms with Crippen molar-refractivity contribution in [2.45, 2.75) is 73.8 Å². The normalized spacial score (nSPS) is 12.1. The maximum Gasteiger partial charge on any atom is 0.513 e. The Bertz CT molecular complexity index is 968. The third kappa shape index (κ3) is 14.2. The summed E-state index contributed by atoms with van der Waals surface area (Å²) in [7, 11) is 1.26. The number of esters is 2. The molecule has 11 heteroatoms. The van der Waals surface area contributed by atoms with Crippen molar-refractivity contribution in [2.75, 3.05) is 33.5 Å². The van der Waals surface area contributed by atoms with Crippen LogP contribution in [0.15, 0.2) is 18.2 Å². The highest BCUT2D eigenvalue weighted by atomic mass is 16.7. The van der Waals surface area contributed by atoms with Gasteiger partial charge >= 0.3 is 24.2 Å². The van der Waals surface area contributed by atoms with Gasteiger partial charge in [-0.2, -0.15) is 0 Å². The van der Waals surface area contributed by atoms with E-state index in [1.165, 1.54) is 19.2 Å². The number of methoxy groups -OCH3 is 1. The Balaban J connectivity index is 3.00. The first-order valence-electron chi connectivity index (χ1n) is 13.5. The number of benzene rings is 1. The van der Waals surface area contributed by atoms with Crippen molar-refractivity contribution in [1.82, 2.24) is 5.32 Å². The average Bonchev–Trinajstić information content (AvgIpc) is 2.85. The highest BCUT2D eigenvalue weighted by Crippen LogP contribution is 2.30. The molecule has 1 rings (SSSR count). The molecule has 11 nitrogen and oxygen atoms in total. The van der Waals surface area contributed by atoms with Crippen molar-refractivity contribution in [1.29, 1.82) is 0 Å². The summed E-state index contributed by atoms with van der Waals surface area (Å²) in [6, 6.07) is 3.73. The minimum atomic E-state index is -0.959. The number of carbonyl (C=O) groups is 4. The second kappa shape index (κ2) is 17.4. The Kier molecular flexibility index (Phi) is 15.1. The topological polar surface area (TPSA) is 136 Å². The van der Waals surface area contributed by atoms with Gasteiger partial charge in [-0.15, -0.1) is 0 Å². The number of ether oxygens (including phenoxy) is 6. The summed E-state index contributed by atoms with van der Waals surface area (Å²) in [5.74, 6) is -0.341. The molecule has 0 amide bonds. The summed E-state index contributed by atoms with van der Waals surface area (Å²) in [4.78, 5) is 48.9. The summed E-state index contributed by atoms with van der Waals surface area (Å²) in [5, 5.41) is 3.01. The van der Waals surface area contributed by atoms with Crippen molar-refractivity contribution in [2.24, 2.45) is 17.3 Å². The highest BCUT2D eigenvalue weighted by molar-refractivity contribution is 5.76. The third-order valence-corrected chi connectivity index (χ3v) is 5.49. The molecule has 0 radical (unpaired) electrons. The van der Waals surface area contributed by atoms with E-state index >= 15 is 0 Å². The first-order chi connectivity index (χ1) is 18.7. The van der Waals surface area contributed by atoms with Crippen LogP contribution in [-0.4, -0.2) is 63.8 Å². The van der Waals surface area contributed by atoms with Gasteiger partial charge in [-0.3, -0.25) is 9.59 Å². The smallest absolute Gasteiger partial charge is 0.468 e. The number of rotatable bonds is 15. The van der Waals surface area contributed by atoms with E-state index in [1.54, 1.807) is 26.8 Å². The average molecular weight is 568 g/mol. The standard InChI is InChI=1S/C29H45NO10/c1-19(2)11-14-37-27(33)39-23-10-9-21(18-24(23)40-28(34)38-15-12-20(3)4)17-22(25(31)35-8)30-13-16-36-26(32)29(5,6)7/h9-10,18-20,22,30H,11-17H2,1-8H3/t22-/m0/s1. The second-order valence-electron chi connectivity index (χ2n) is 11.2. The van der Waals surface area contributed by atoms with Crippen LogP contribution < -0.4 is 14.8 Å². The fourth-order valence-corrected chi connectivity index (χ4v) is 3.05. The number of hydrogen-bond donors (Lipinski definition) is 1. The predicted octanol–water partition coefficient (Wildman–Crippen LogP) is 5.07. The molecule has 0 saturated heterocycles. The van der Waals surface area contributed by atoms with Gasteiger partial charge in [0.2, 0.25) is 0 Å². The van der Waals surface area contributed by atoms with E-state index < -0.39 is 29.7 Å². The number of nitrogens with one attached hydrogen (secondary N) is 1. The molecule has 1 aromatic carbocycles. The quantitative estimate of drug-likeness (QED) is 0.132. The lowest BCUT2D eigenvalue weighted by atomic mass is 9.97. The first-order valence-corrected chi connectivity index (χ1v) is 13.5. The predicted molar refractivity (Wildman–Crippen MR) is 147 cm³/mol. The SMILES string of the molecule is COC(=O)[C@H](Cc1ccc(OC(=O)OCCC(C)C)c(OC(=O)OCCC(C)C)c1)NCCOC(=O)C(C)(C)C. The number of hydrogen-bond acceptors (Lipinski definition) is 11. The van der Waals surface area contributed by atoms with Crippen LogP contribution in [0.5, 0.6) is 11.5 Å². The second-order valence-corrected chi connectivity index (χ2v) is 11.2. The van der Waals surface area contributed by atoms with E-state index in [9.17, 15) is 19.2 Å². The summed E-state index contributed by atoms with van der Waals surface area (Å²) in [6.45, 7) is 13.8. The minimum Gasteiger partial charge on any atom is -0.468 e. The van der Waals surface area contributed by atoms with Crippen molar-refractivity contribution < 1.29 is 47.6 Å². The van der Waals surface area contributed by atoms with Gasteiger partial charge in [0, 0.05) is 6.54 Å². The van der Waals surface area contributed by atoms with Gasteiger partial charge in [0.05, 0.1) is 25.7 Å². The molecule has 0 heterocycles. The molecule has 0 saturated carbocycles. The maximum absolute atomic E-state index is 12.4. The molecule has 0 aliphatic carbocycles. The van der Waals surface area contributed by atoms with Crippen LogP contribution in [0, 0.1) is 17.3 Å². The molecule has 0 aliphatic heterocycles. The largest absolute Gasteiger partial charge is 0.513 e. The van der Waals surface area contributed by atoms with Crippen LogP contribution in [0.4, 0.5) is 9.59 Å². The molecule has 1 atom stereocenters. The molecule has 1 N–H and O–H groups in total. The van der Waals surface area contributed by atoms with Crippen LogP contribution in [-0.2, 0) is 35.0 Å². The Hall–Kier alpha value is -3.34. The fraction of sp³-hybridized carbons (Fsp3) is 0.655. The molecular formula is C29H45NO10. The Morgan fingerprint density at radius 2 is 1.35 bits per heavy atom. The molecule has 40 heavy (non-hydrogen) atoms. The molecule has 0 aromatic heterocycles. The zero-order chi connectivity index (χ0) is 30.3. The van der Waals surface area contributed by atoms with Crippen molar-refractivity contribution in [3.8, 4) is 11.5 Å². The zero-order valence-electron chi connectivity index (χ0n) is 25.0. The summed E-state index contributed by atoms with van der Waals surface area (Å²) < 4.78 is 31.0. The maximum atomic E-state index is 12.4. The van der Waals surface area contributed by atoms with E-state index in [0.29, 0.717) is 30.2 Å². The first kappa shape index (κ1) is 34.7. The van der Waals surface area contributed by atoms with Crippen molar-refractivity contribution in [3.05, 3.63) is 23.8 Å². The van der Waals surface area contributed by atoms with E-state index in [-0.39, 0.29) is 50.3 Å². The third-order valence-electron chi connectivity index (χ3n) is 5.49. The molecule has 0 fully saturated rings. The van der Waals surface area contributed by atoms with E-state index in [0.717, 1.165) is 0 Å². The molecule has 226 valence electrons. The van der Waals surface area contributed by atoms with Crippen LogP contribution in [0.25, 0.3) is 0 Å². The Labute approximate surface area is 237 Å². The van der Waals surface area contributed by atoms with Gasteiger partial charge in [0.15, 0.2) is 11.5 Å². The van der Waals surface area contributed by atoms with Crippen LogP contribution in [0.1, 0.15) is 66.9 Å². The number of carbonyl (C=O) groups excluding carboxylic acids is 4. The monoisotopic (exact) mass is 567 g/mol. The Morgan fingerprint density at radius 1 is 0.800 bits per heavy atom. The van der Waals surface area contributed by atoms with Crippen LogP contribution in [0.3, 0.4) is 0 Å². The van der Waals surface area contributed by atoms with Crippen molar-refractivity contribution >= 4 is 24.2 Å². The molecule has 0 bridgehead atoms. The minimum absolute atomic E-state index is 0.0456. The fourth-order valence-electron chi connectivity index (χ4n) is 3.05. The highest BCUT2D eigenvalue weighted by Gasteiger charge is 2.24. The van der Waals surface area contributed by atoms with Crippen LogP contribution >= 0.6 is 0 Å². The molecule has 0 aliphatic rings. The summed E-state index contributed by atoms with van der Waals surface area (Å²) in [6.07, 6.45) is -0.447. The zero-order valence-corrected chi connectivity index (χ0v) is 25.0. The van der Waals surface area contributed by atoms with Crippen LogP contribution in [0.2, 0.25) is 0 Å². The van der Waals surface area contributed by atoms with Gasteiger partial charge in [0.1, 0.15) is 12.6 Å². The molecule has 1 aromatic rings. The van der Waals surface area contributed by atoms with Gasteiger partial charge in [-0.25, -0.2) is 9.59 Å². The van der Waals surface area contributed by atoms with Gasteiger partial charge in [0.25, 0.3) is 0 Å². The lowest BCUT2D eigenvalue weighted by molar-refractivity contribution is -0.152. The van der Waals surface area contributed by atoms with Gasteiger partial charge < -0.3 is 33.7 Å². The van der Waals surface area contributed by atoms with Gasteiger partial charge in [-0.1, -0.05) is 33.8 Å². The van der Waals surface area contributed by atoms with Gasteiger partial charge in [-0.05, 0) is 69.6 Å². The van der Waals surface area contributed by atoms with E-state index in [4.69, 9.17) is 28.4 Å². The van der Waals surface area contributed by atoms with E-state index in [2.05, 4.69) is 5.32 Å². The summed E-state index contributed by atoms with van der Waals surface area (Å²) in [5.41, 5.74) is -0.0706. The lowest BCUT2D eigenvalue weighted by Gasteiger charge is -2.19. The summed E-state index contributed by atoms with van der Waals surface area (Å²) >= 11 is 0. The molecular weight excluding hydrogens is 522 g/mol.